The Morgan fingerprint density at radius 1 is 1.56 bits per heavy atom. The van der Waals surface area contributed by atoms with Crippen molar-refractivity contribution in [2.75, 3.05) is 0 Å². The van der Waals surface area contributed by atoms with Crippen molar-refractivity contribution in [1.82, 2.24) is 0 Å². The van der Waals surface area contributed by atoms with Gasteiger partial charge in [0.15, 0.2) is 0 Å². The van der Waals surface area contributed by atoms with E-state index in [1.54, 1.807) is 12.1 Å². The summed E-state index contributed by atoms with van der Waals surface area (Å²) in [5.41, 5.74) is -0.479. The summed E-state index contributed by atoms with van der Waals surface area (Å²) in [7, 11) is 0. The van der Waals surface area contributed by atoms with E-state index in [0.717, 1.165) is 0 Å². The predicted octanol–water partition coefficient (Wildman–Crippen LogP) is 2.43. The van der Waals surface area contributed by atoms with Gasteiger partial charge in [0, 0.05) is 6.42 Å². The quantitative estimate of drug-likeness (QED) is 0.801. The van der Waals surface area contributed by atoms with Gasteiger partial charge in [-0.2, -0.15) is 0 Å². The minimum Gasteiger partial charge on any atom is -0.467 e. The standard InChI is InChI=1S/C12H18O4/c1-12(2,3)16-11(14)7-6-9(13)10-5-4-8-15-10/h4-5,8-9,13H,6-7H2,1-3H3/t9-/m1/s1. The monoisotopic (exact) mass is 226 g/mol. The van der Waals surface area contributed by atoms with Crippen LogP contribution in [0, 0.1) is 0 Å². The lowest BCUT2D eigenvalue weighted by molar-refractivity contribution is -0.155. The molecule has 0 spiro atoms. The number of esters is 1. The number of hydrogen-bond donors (Lipinski definition) is 1. The van der Waals surface area contributed by atoms with Crippen LogP contribution < -0.4 is 0 Å². The van der Waals surface area contributed by atoms with Gasteiger partial charge in [-0.05, 0) is 39.3 Å². The molecule has 0 bridgehead atoms. The van der Waals surface area contributed by atoms with E-state index in [1.165, 1.54) is 6.26 Å². The van der Waals surface area contributed by atoms with Crippen LogP contribution in [-0.4, -0.2) is 16.7 Å². The summed E-state index contributed by atoms with van der Waals surface area (Å²) in [6.07, 6.45) is 1.23. The Hall–Kier alpha value is -1.29. The molecule has 90 valence electrons. The Bertz CT molecular complexity index is 321. The molecule has 0 aliphatic carbocycles. The van der Waals surface area contributed by atoms with Crippen LogP contribution in [0.5, 0.6) is 0 Å². The highest BCUT2D eigenvalue weighted by Gasteiger charge is 2.18. The topological polar surface area (TPSA) is 59.7 Å². The first-order valence-corrected chi connectivity index (χ1v) is 5.32. The van der Waals surface area contributed by atoms with E-state index in [4.69, 9.17) is 9.15 Å². The number of aliphatic hydroxyl groups excluding tert-OH is 1. The lowest BCUT2D eigenvalue weighted by Crippen LogP contribution is -2.24. The maximum Gasteiger partial charge on any atom is 0.306 e. The van der Waals surface area contributed by atoms with Crippen molar-refractivity contribution in [2.24, 2.45) is 0 Å². The molecular formula is C12H18O4. The van der Waals surface area contributed by atoms with Crippen molar-refractivity contribution >= 4 is 5.97 Å². The van der Waals surface area contributed by atoms with Crippen LogP contribution in [-0.2, 0) is 9.53 Å². The molecule has 4 heteroatoms. The molecule has 0 fully saturated rings. The Morgan fingerprint density at radius 2 is 2.25 bits per heavy atom. The van der Waals surface area contributed by atoms with E-state index in [1.807, 2.05) is 20.8 Å². The molecule has 0 aliphatic heterocycles. The van der Waals surface area contributed by atoms with Crippen LogP contribution in [0.25, 0.3) is 0 Å². The summed E-state index contributed by atoms with van der Waals surface area (Å²) in [5, 5.41) is 9.66. The van der Waals surface area contributed by atoms with Gasteiger partial charge in [0.05, 0.1) is 6.26 Å². The highest BCUT2D eigenvalue weighted by molar-refractivity contribution is 5.69. The van der Waals surface area contributed by atoms with Crippen LogP contribution in [0.1, 0.15) is 45.5 Å². The smallest absolute Gasteiger partial charge is 0.306 e. The first-order valence-electron chi connectivity index (χ1n) is 5.32. The second-order valence-electron chi connectivity index (χ2n) is 4.66. The summed E-state index contributed by atoms with van der Waals surface area (Å²) in [4.78, 5) is 11.4. The van der Waals surface area contributed by atoms with E-state index in [2.05, 4.69) is 0 Å². The molecule has 0 saturated carbocycles. The number of carbonyl (C=O) groups is 1. The zero-order chi connectivity index (χ0) is 12.2. The first-order chi connectivity index (χ1) is 7.38. The van der Waals surface area contributed by atoms with Gasteiger partial charge in [-0.3, -0.25) is 4.79 Å². The molecule has 0 aliphatic rings. The maximum atomic E-state index is 11.4. The summed E-state index contributed by atoms with van der Waals surface area (Å²) in [6.45, 7) is 5.44. The molecule has 1 aromatic heterocycles. The van der Waals surface area contributed by atoms with Crippen LogP contribution in [0.4, 0.5) is 0 Å². The van der Waals surface area contributed by atoms with Gasteiger partial charge in [0.25, 0.3) is 0 Å². The molecule has 0 radical (unpaired) electrons. The third-order valence-corrected chi connectivity index (χ3v) is 1.91. The van der Waals surface area contributed by atoms with Crippen molar-refractivity contribution in [3.05, 3.63) is 24.2 Å². The van der Waals surface area contributed by atoms with Gasteiger partial charge in [0.1, 0.15) is 17.5 Å². The highest BCUT2D eigenvalue weighted by atomic mass is 16.6. The van der Waals surface area contributed by atoms with Crippen LogP contribution in [0.15, 0.2) is 22.8 Å². The molecule has 1 heterocycles. The van der Waals surface area contributed by atoms with Crippen LogP contribution in [0.3, 0.4) is 0 Å². The van der Waals surface area contributed by atoms with Crippen molar-refractivity contribution in [3.8, 4) is 0 Å². The number of aliphatic hydroxyl groups is 1. The molecule has 0 unspecified atom stereocenters. The first kappa shape index (κ1) is 12.8. The number of hydrogen-bond acceptors (Lipinski definition) is 4. The lowest BCUT2D eigenvalue weighted by atomic mass is 10.1. The van der Waals surface area contributed by atoms with Crippen molar-refractivity contribution in [1.29, 1.82) is 0 Å². The van der Waals surface area contributed by atoms with E-state index in [9.17, 15) is 9.90 Å². The fraction of sp³-hybridized carbons (Fsp3) is 0.583. The molecule has 1 N–H and O–H groups in total. The molecule has 1 aromatic rings. The molecule has 16 heavy (non-hydrogen) atoms. The van der Waals surface area contributed by atoms with Gasteiger partial charge in [-0.25, -0.2) is 0 Å². The average molecular weight is 226 g/mol. The largest absolute Gasteiger partial charge is 0.467 e. The molecule has 1 rings (SSSR count). The summed E-state index contributed by atoms with van der Waals surface area (Å²) < 4.78 is 10.2. The predicted molar refractivity (Wildman–Crippen MR) is 58.7 cm³/mol. The molecular weight excluding hydrogens is 208 g/mol. The number of furan rings is 1. The van der Waals surface area contributed by atoms with Crippen LogP contribution in [0.2, 0.25) is 0 Å². The normalized spacial score (nSPS) is 13.5. The minimum absolute atomic E-state index is 0.180. The van der Waals surface area contributed by atoms with Gasteiger partial charge in [-0.15, -0.1) is 0 Å². The number of rotatable bonds is 4. The average Bonchev–Trinajstić information content (AvgIpc) is 2.64. The summed E-state index contributed by atoms with van der Waals surface area (Å²) >= 11 is 0. The Labute approximate surface area is 95.2 Å². The Kier molecular flexibility index (Phi) is 4.12. The zero-order valence-corrected chi connectivity index (χ0v) is 9.90. The zero-order valence-electron chi connectivity index (χ0n) is 9.90. The van der Waals surface area contributed by atoms with E-state index < -0.39 is 11.7 Å². The lowest BCUT2D eigenvalue weighted by Gasteiger charge is -2.19. The molecule has 0 amide bonds. The highest BCUT2D eigenvalue weighted by Crippen LogP contribution is 2.19. The second-order valence-corrected chi connectivity index (χ2v) is 4.66. The number of carbonyl (C=O) groups excluding carboxylic acids is 1. The van der Waals surface area contributed by atoms with Crippen LogP contribution >= 0.6 is 0 Å². The van der Waals surface area contributed by atoms with E-state index in [0.29, 0.717) is 12.2 Å². The Balaban J connectivity index is 2.32. The fourth-order valence-electron chi connectivity index (χ4n) is 1.27. The van der Waals surface area contributed by atoms with Crippen molar-refractivity contribution in [2.45, 2.75) is 45.3 Å². The molecule has 0 saturated heterocycles. The van der Waals surface area contributed by atoms with E-state index in [-0.39, 0.29) is 12.4 Å². The molecule has 4 nitrogen and oxygen atoms in total. The minimum atomic E-state index is -0.748. The summed E-state index contributed by atoms with van der Waals surface area (Å²) in [6, 6.07) is 3.38. The molecule has 1 atom stereocenters. The van der Waals surface area contributed by atoms with Crippen molar-refractivity contribution in [3.63, 3.8) is 0 Å². The maximum absolute atomic E-state index is 11.4. The Morgan fingerprint density at radius 3 is 2.75 bits per heavy atom. The van der Waals surface area contributed by atoms with Gasteiger partial charge in [0.2, 0.25) is 0 Å². The van der Waals surface area contributed by atoms with Gasteiger partial charge in [-0.1, -0.05) is 0 Å². The van der Waals surface area contributed by atoms with Crippen molar-refractivity contribution < 1.29 is 19.1 Å². The SMILES string of the molecule is CC(C)(C)OC(=O)CC[C@@H](O)c1ccco1. The van der Waals surface area contributed by atoms with E-state index >= 15 is 0 Å². The number of ether oxygens (including phenoxy) is 1. The van der Waals surface area contributed by atoms with Gasteiger partial charge < -0.3 is 14.3 Å². The third kappa shape index (κ3) is 4.49. The fourth-order valence-corrected chi connectivity index (χ4v) is 1.27. The second kappa shape index (κ2) is 5.16. The van der Waals surface area contributed by atoms with Gasteiger partial charge >= 0.3 is 5.97 Å². The molecule has 0 aromatic carbocycles. The summed E-state index contributed by atoms with van der Waals surface area (Å²) in [5.74, 6) is 0.168. The third-order valence-electron chi connectivity index (χ3n) is 1.91.